The van der Waals surface area contributed by atoms with E-state index in [1.807, 2.05) is 30.3 Å². The zero-order valence-electron chi connectivity index (χ0n) is 11.2. The van der Waals surface area contributed by atoms with E-state index in [9.17, 15) is 5.11 Å². The maximum absolute atomic E-state index is 10.2. The molecule has 0 aliphatic heterocycles. The predicted octanol–water partition coefficient (Wildman–Crippen LogP) is 1.31. The van der Waals surface area contributed by atoms with Crippen LogP contribution in [0.1, 0.15) is 11.7 Å². The summed E-state index contributed by atoms with van der Waals surface area (Å²) >= 11 is 0. The average molecular weight is 253 g/mol. The number of ether oxygens (including phenoxy) is 2. The Labute approximate surface area is 109 Å². The molecule has 0 amide bonds. The first-order chi connectivity index (χ1) is 8.77. The zero-order valence-corrected chi connectivity index (χ0v) is 11.2. The highest BCUT2D eigenvalue weighted by molar-refractivity contribution is 5.17. The van der Waals surface area contributed by atoms with Crippen molar-refractivity contribution in [3.05, 3.63) is 35.9 Å². The lowest BCUT2D eigenvalue weighted by atomic mass is 10.1. The Morgan fingerprint density at radius 1 is 1.06 bits per heavy atom. The molecule has 1 unspecified atom stereocenters. The van der Waals surface area contributed by atoms with E-state index in [-0.39, 0.29) is 0 Å². The van der Waals surface area contributed by atoms with Crippen LogP contribution in [0.5, 0.6) is 0 Å². The Balaban J connectivity index is 2.47. The molecule has 0 fully saturated rings. The van der Waals surface area contributed by atoms with Crippen LogP contribution in [0.25, 0.3) is 0 Å². The van der Waals surface area contributed by atoms with Gasteiger partial charge in [-0.05, 0) is 5.56 Å². The molecule has 0 heterocycles. The second-order valence-electron chi connectivity index (χ2n) is 4.21. The van der Waals surface area contributed by atoms with E-state index in [1.165, 1.54) is 0 Å². The molecule has 1 aromatic rings. The maximum atomic E-state index is 10.2. The average Bonchev–Trinajstić information content (AvgIpc) is 2.42. The SMILES string of the molecule is COCCN(CCOC)CC(O)c1ccccc1. The zero-order chi connectivity index (χ0) is 13.2. The molecule has 1 N–H and O–H groups in total. The summed E-state index contributed by atoms with van der Waals surface area (Å²) in [6.45, 7) is 3.50. The van der Waals surface area contributed by atoms with Gasteiger partial charge in [0.15, 0.2) is 0 Å². The van der Waals surface area contributed by atoms with E-state index < -0.39 is 6.10 Å². The van der Waals surface area contributed by atoms with E-state index >= 15 is 0 Å². The van der Waals surface area contributed by atoms with Gasteiger partial charge in [0, 0.05) is 33.9 Å². The number of nitrogens with zero attached hydrogens (tertiary/aromatic N) is 1. The summed E-state index contributed by atoms with van der Waals surface area (Å²) in [5, 5.41) is 10.2. The smallest absolute Gasteiger partial charge is 0.0916 e. The van der Waals surface area contributed by atoms with Crippen LogP contribution in [-0.4, -0.2) is 57.1 Å². The van der Waals surface area contributed by atoms with Gasteiger partial charge in [-0.25, -0.2) is 0 Å². The van der Waals surface area contributed by atoms with Crippen LogP contribution in [0.4, 0.5) is 0 Å². The molecule has 0 bridgehead atoms. The Morgan fingerprint density at radius 3 is 2.11 bits per heavy atom. The van der Waals surface area contributed by atoms with Gasteiger partial charge in [0.05, 0.1) is 19.3 Å². The Hall–Kier alpha value is -0.940. The van der Waals surface area contributed by atoms with Crippen LogP contribution in [0, 0.1) is 0 Å². The van der Waals surface area contributed by atoms with Crippen molar-refractivity contribution in [3.63, 3.8) is 0 Å². The van der Waals surface area contributed by atoms with Gasteiger partial charge in [0.25, 0.3) is 0 Å². The molecule has 0 aliphatic rings. The highest BCUT2D eigenvalue weighted by atomic mass is 16.5. The quantitative estimate of drug-likeness (QED) is 0.720. The van der Waals surface area contributed by atoms with Crippen LogP contribution in [0.3, 0.4) is 0 Å². The lowest BCUT2D eigenvalue weighted by molar-refractivity contribution is 0.0697. The number of hydrogen-bond acceptors (Lipinski definition) is 4. The molecule has 1 atom stereocenters. The van der Waals surface area contributed by atoms with E-state index in [4.69, 9.17) is 9.47 Å². The summed E-state index contributed by atoms with van der Waals surface area (Å²) in [5.74, 6) is 0. The third-order valence-corrected chi connectivity index (χ3v) is 2.84. The molecule has 0 radical (unpaired) electrons. The number of methoxy groups -OCH3 is 2. The minimum absolute atomic E-state index is 0.472. The number of aliphatic hydroxyl groups excluding tert-OH is 1. The fourth-order valence-electron chi connectivity index (χ4n) is 1.76. The first kappa shape index (κ1) is 15.1. The molecular weight excluding hydrogens is 230 g/mol. The molecule has 1 aromatic carbocycles. The molecule has 0 saturated heterocycles. The van der Waals surface area contributed by atoms with E-state index in [1.54, 1.807) is 14.2 Å². The highest BCUT2D eigenvalue weighted by Gasteiger charge is 2.12. The molecule has 0 aromatic heterocycles. The van der Waals surface area contributed by atoms with Crippen LogP contribution in [0.15, 0.2) is 30.3 Å². The molecule has 102 valence electrons. The third-order valence-electron chi connectivity index (χ3n) is 2.84. The number of aliphatic hydroxyl groups is 1. The predicted molar refractivity (Wildman–Crippen MR) is 71.6 cm³/mol. The van der Waals surface area contributed by atoms with Crippen molar-refractivity contribution in [3.8, 4) is 0 Å². The van der Waals surface area contributed by atoms with Crippen molar-refractivity contribution in [1.29, 1.82) is 0 Å². The van der Waals surface area contributed by atoms with Gasteiger partial charge in [-0.15, -0.1) is 0 Å². The van der Waals surface area contributed by atoms with Crippen molar-refractivity contribution in [2.24, 2.45) is 0 Å². The van der Waals surface area contributed by atoms with Crippen LogP contribution in [-0.2, 0) is 9.47 Å². The number of hydrogen-bond donors (Lipinski definition) is 1. The molecule has 1 rings (SSSR count). The van der Waals surface area contributed by atoms with Crippen molar-refractivity contribution in [2.75, 3.05) is 47.1 Å². The molecule has 18 heavy (non-hydrogen) atoms. The van der Waals surface area contributed by atoms with Gasteiger partial charge in [-0.3, -0.25) is 4.90 Å². The van der Waals surface area contributed by atoms with Crippen LogP contribution >= 0.6 is 0 Å². The van der Waals surface area contributed by atoms with Crippen LogP contribution in [0.2, 0.25) is 0 Å². The topological polar surface area (TPSA) is 41.9 Å². The van der Waals surface area contributed by atoms with E-state index in [2.05, 4.69) is 4.90 Å². The van der Waals surface area contributed by atoms with Gasteiger partial charge in [-0.2, -0.15) is 0 Å². The number of rotatable bonds is 9. The van der Waals surface area contributed by atoms with Crippen LogP contribution < -0.4 is 0 Å². The fourth-order valence-corrected chi connectivity index (χ4v) is 1.76. The van der Waals surface area contributed by atoms with Crippen molar-refractivity contribution in [2.45, 2.75) is 6.10 Å². The summed E-state index contributed by atoms with van der Waals surface area (Å²) in [6, 6.07) is 9.70. The van der Waals surface area contributed by atoms with E-state index in [0.29, 0.717) is 19.8 Å². The summed E-state index contributed by atoms with van der Waals surface area (Å²) in [6.07, 6.45) is -0.472. The summed E-state index contributed by atoms with van der Waals surface area (Å²) in [5.41, 5.74) is 0.942. The summed E-state index contributed by atoms with van der Waals surface area (Å²) in [4.78, 5) is 2.14. The van der Waals surface area contributed by atoms with Crippen molar-refractivity contribution >= 4 is 0 Å². The standard InChI is InChI=1S/C14H23NO3/c1-17-10-8-15(9-11-18-2)12-14(16)13-6-4-3-5-7-13/h3-7,14,16H,8-12H2,1-2H3. The first-order valence-electron chi connectivity index (χ1n) is 6.21. The molecular formula is C14H23NO3. The lowest BCUT2D eigenvalue weighted by Crippen LogP contribution is -2.34. The van der Waals surface area contributed by atoms with E-state index in [0.717, 1.165) is 18.7 Å². The maximum Gasteiger partial charge on any atom is 0.0916 e. The molecule has 0 aliphatic carbocycles. The fraction of sp³-hybridized carbons (Fsp3) is 0.571. The van der Waals surface area contributed by atoms with Crippen molar-refractivity contribution < 1.29 is 14.6 Å². The first-order valence-corrected chi connectivity index (χ1v) is 6.21. The van der Waals surface area contributed by atoms with Gasteiger partial charge < -0.3 is 14.6 Å². The number of benzene rings is 1. The molecule has 4 nitrogen and oxygen atoms in total. The molecule has 4 heteroatoms. The van der Waals surface area contributed by atoms with Crippen molar-refractivity contribution in [1.82, 2.24) is 4.90 Å². The Bertz CT molecular complexity index is 297. The van der Waals surface area contributed by atoms with Gasteiger partial charge >= 0.3 is 0 Å². The lowest BCUT2D eigenvalue weighted by Gasteiger charge is -2.24. The summed E-state index contributed by atoms with van der Waals surface area (Å²) < 4.78 is 10.2. The Kier molecular flexibility index (Phi) is 7.60. The second-order valence-corrected chi connectivity index (χ2v) is 4.21. The minimum atomic E-state index is -0.472. The minimum Gasteiger partial charge on any atom is -0.387 e. The van der Waals surface area contributed by atoms with Gasteiger partial charge in [0.1, 0.15) is 0 Å². The largest absolute Gasteiger partial charge is 0.387 e. The Morgan fingerprint density at radius 2 is 1.61 bits per heavy atom. The summed E-state index contributed by atoms with van der Waals surface area (Å²) in [7, 11) is 3.37. The third kappa shape index (κ3) is 5.60. The highest BCUT2D eigenvalue weighted by Crippen LogP contribution is 2.13. The normalized spacial score (nSPS) is 12.9. The molecule has 0 saturated carbocycles. The second kappa shape index (κ2) is 9.05. The van der Waals surface area contributed by atoms with Gasteiger partial charge in [-0.1, -0.05) is 30.3 Å². The van der Waals surface area contributed by atoms with Gasteiger partial charge in [0.2, 0.25) is 0 Å². The molecule has 0 spiro atoms. The monoisotopic (exact) mass is 253 g/mol.